The van der Waals surface area contributed by atoms with Gasteiger partial charge in [0.1, 0.15) is 18.1 Å². The molecule has 0 aromatic heterocycles. The molecule has 0 fully saturated rings. The predicted octanol–water partition coefficient (Wildman–Crippen LogP) is 4.82. The number of nitrogens with zero attached hydrogens (tertiary/aromatic N) is 1. The molecule has 3 aromatic rings. The molecule has 3 rings (SSSR count). The number of aliphatic imine (C=N–C) groups is 1. The van der Waals surface area contributed by atoms with E-state index in [1.165, 1.54) is 0 Å². The highest BCUT2D eigenvalue weighted by Crippen LogP contribution is 2.17. The Labute approximate surface area is 182 Å². The maximum absolute atomic E-state index is 5.97. The van der Waals surface area contributed by atoms with Crippen LogP contribution in [0.5, 0.6) is 11.5 Å². The lowest BCUT2D eigenvalue weighted by molar-refractivity contribution is 0.306. The number of benzene rings is 3. The van der Waals surface area contributed by atoms with Crippen LogP contribution in [0.3, 0.4) is 0 Å². The van der Waals surface area contributed by atoms with Crippen molar-refractivity contribution >= 4 is 35.6 Å². The summed E-state index contributed by atoms with van der Waals surface area (Å²) < 4.78 is 11.0. The smallest absolute Gasteiger partial charge is 0.193 e. The highest BCUT2D eigenvalue weighted by Gasteiger charge is 2.00. The number of nitrogens with two attached hydrogens (primary N) is 1. The fourth-order valence-corrected chi connectivity index (χ4v) is 2.51. The number of ether oxygens (including phenoxy) is 2. The van der Waals surface area contributed by atoms with Crippen LogP contribution in [-0.4, -0.2) is 13.1 Å². The van der Waals surface area contributed by atoms with Gasteiger partial charge in [-0.25, -0.2) is 4.99 Å². The molecule has 0 saturated carbocycles. The lowest BCUT2D eigenvalue weighted by Crippen LogP contribution is -2.22. The van der Waals surface area contributed by atoms with E-state index in [-0.39, 0.29) is 24.0 Å². The van der Waals surface area contributed by atoms with E-state index >= 15 is 0 Å². The van der Waals surface area contributed by atoms with Gasteiger partial charge in [0.15, 0.2) is 5.96 Å². The molecule has 0 atom stereocenters. The van der Waals surface area contributed by atoms with E-state index in [0.29, 0.717) is 19.1 Å². The van der Waals surface area contributed by atoms with Crippen LogP contribution >= 0.6 is 24.0 Å². The summed E-state index contributed by atoms with van der Waals surface area (Å²) in [7, 11) is 1.63. The van der Waals surface area contributed by atoms with Crippen LogP contribution in [0.25, 0.3) is 0 Å². The highest BCUT2D eigenvalue weighted by molar-refractivity contribution is 14.0. The molecule has 5 nitrogen and oxygen atoms in total. The van der Waals surface area contributed by atoms with Crippen molar-refractivity contribution in [1.82, 2.24) is 0 Å². The molecule has 0 unspecified atom stereocenters. The molecule has 3 aromatic carbocycles. The van der Waals surface area contributed by atoms with Gasteiger partial charge in [-0.05, 0) is 47.5 Å². The summed E-state index contributed by atoms with van der Waals surface area (Å²) >= 11 is 0. The minimum atomic E-state index is 0. The van der Waals surface area contributed by atoms with Gasteiger partial charge in [-0.2, -0.15) is 0 Å². The van der Waals surface area contributed by atoms with Gasteiger partial charge in [-0.1, -0.05) is 42.5 Å². The molecule has 0 aliphatic carbocycles. The number of methoxy groups -OCH3 is 1. The van der Waals surface area contributed by atoms with Crippen molar-refractivity contribution in [3.05, 3.63) is 90.0 Å². The Hall–Kier alpha value is -2.74. The number of anilines is 1. The molecule has 6 heteroatoms. The van der Waals surface area contributed by atoms with Gasteiger partial charge < -0.3 is 20.5 Å². The second kappa shape index (κ2) is 11.2. The van der Waals surface area contributed by atoms with Crippen molar-refractivity contribution in [1.29, 1.82) is 0 Å². The van der Waals surface area contributed by atoms with E-state index in [1.807, 2.05) is 78.9 Å². The lowest BCUT2D eigenvalue weighted by Gasteiger charge is -2.08. The molecule has 0 heterocycles. The van der Waals surface area contributed by atoms with Crippen molar-refractivity contribution in [2.75, 3.05) is 12.4 Å². The number of hydrogen-bond acceptors (Lipinski definition) is 3. The third-order valence-electron chi connectivity index (χ3n) is 3.94. The van der Waals surface area contributed by atoms with Gasteiger partial charge in [-0.3, -0.25) is 0 Å². The molecular formula is C22H24IN3O2. The monoisotopic (exact) mass is 489 g/mol. The third kappa shape index (κ3) is 6.77. The Kier molecular flexibility index (Phi) is 8.61. The number of hydrogen-bond donors (Lipinski definition) is 2. The largest absolute Gasteiger partial charge is 0.497 e. The van der Waals surface area contributed by atoms with Gasteiger partial charge >= 0.3 is 0 Å². The SMILES string of the molecule is COc1ccc(NC(N)=NCc2cccc(OCc3ccccc3)c2)cc1.I. The molecule has 0 amide bonds. The van der Waals surface area contributed by atoms with Crippen molar-refractivity contribution in [3.63, 3.8) is 0 Å². The summed E-state index contributed by atoms with van der Waals surface area (Å²) in [5, 5.41) is 3.07. The van der Waals surface area contributed by atoms with Crippen LogP contribution < -0.4 is 20.5 Å². The average molecular weight is 489 g/mol. The number of nitrogens with one attached hydrogen (secondary N) is 1. The maximum Gasteiger partial charge on any atom is 0.193 e. The summed E-state index contributed by atoms with van der Waals surface area (Å²) in [5.41, 5.74) is 8.99. The first kappa shape index (κ1) is 21.6. The second-order valence-electron chi connectivity index (χ2n) is 5.98. The van der Waals surface area contributed by atoms with Crippen molar-refractivity contribution in [2.45, 2.75) is 13.2 Å². The van der Waals surface area contributed by atoms with Crippen LogP contribution in [0.2, 0.25) is 0 Å². The summed E-state index contributed by atoms with van der Waals surface area (Å²) in [5.74, 6) is 1.97. The standard InChI is InChI=1S/C22H23N3O2.HI/c1-26-20-12-10-19(11-13-20)25-22(23)24-15-18-8-5-9-21(14-18)27-16-17-6-3-2-4-7-17;/h2-14H,15-16H2,1H3,(H3,23,24,25);1H. The van der Waals surface area contributed by atoms with Crippen molar-refractivity contribution in [2.24, 2.45) is 10.7 Å². The highest BCUT2D eigenvalue weighted by atomic mass is 127. The van der Waals surface area contributed by atoms with Gasteiger partial charge in [0.05, 0.1) is 13.7 Å². The summed E-state index contributed by atoms with van der Waals surface area (Å²) in [6, 6.07) is 25.5. The molecule has 0 radical (unpaired) electrons. The van der Waals surface area contributed by atoms with Gasteiger partial charge in [-0.15, -0.1) is 24.0 Å². The van der Waals surface area contributed by atoms with E-state index < -0.39 is 0 Å². The first-order valence-corrected chi connectivity index (χ1v) is 8.69. The Bertz CT molecular complexity index is 884. The second-order valence-corrected chi connectivity index (χ2v) is 5.98. The Morgan fingerprint density at radius 2 is 1.61 bits per heavy atom. The van der Waals surface area contributed by atoms with E-state index in [9.17, 15) is 0 Å². The molecule has 0 saturated heterocycles. The first-order chi connectivity index (χ1) is 13.2. The summed E-state index contributed by atoms with van der Waals surface area (Å²) in [4.78, 5) is 4.39. The first-order valence-electron chi connectivity index (χ1n) is 8.69. The maximum atomic E-state index is 5.97. The van der Waals surface area contributed by atoms with Gasteiger partial charge in [0.2, 0.25) is 0 Å². The topological polar surface area (TPSA) is 68.9 Å². The van der Waals surface area contributed by atoms with Crippen molar-refractivity contribution < 1.29 is 9.47 Å². The molecule has 0 spiro atoms. The number of guanidine groups is 1. The minimum Gasteiger partial charge on any atom is -0.497 e. The van der Waals surface area contributed by atoms with E-state index in [2.05, 4.69) is 10.3 Å². The number of halogens is 1. The normalized spacial score (nSPS) is 10.7. The fourth-order valence-electron chi connectivity index (χ4n) is 2.51. The quantitative estimate of drug-likeness (QED) is 0.284. The molecular weight excluding hydrogens is 465 g/mol. The Morgan fingerprint density at radius 3 is 2.32 bits per heavy atom. The fraction of sp³-hybridized carbons (Fsp3) is 0.136. The molecule has 0 aliphatic heterocycles. The lowest BCUT2D eigenvalue weighted by atomic mass is 10.2. The zero-order chi connectivity index (χ0) is 18.9. The molecule has 146 valence electrons. The van der Waals surface area contributed by atoms with Crippen LogP contribution in [0.4, 0.5) is 5.69 Å². The zero-order valence-corrected chi connectivity index (χ0v) is 18.0. The average Bonchev–Trinajstić information content (AvgIpc) is 2.72. The molecule has 0 bridgehead atoms. The van der Waals surface area contributed by atoms with Crippen molar-refractivity contribution in [3.8, 4) is 11.5 Å². The van der Waals surface area contributed by atoms with Crippen LogP contribution in [0.15, 0.2) is 83.9 Å². The van der Waals surface area contributed by atoms with Crippen LogP contribution in [0.1, 0.15) is 11.1 Å². The zero-order valence-electron chi connectivity index (χ0n) is 15.7. The van der Waals surface area contributed by atoms with Crippen LogP contribution in [0, 0.1) is 0 Å². The molecule has 3 N–H and O–H groups in total. The summed E-state index contributed by atoms with van der Waals surface area (Å²) in [6.07, 6.45) is 0. The third-order valence-corrected chi connectivity index (χ3v) is 3.94. The Morgan fingerprint density at radius 1 is 0.893 bits per heavy atom. The minimum absolute atomic E-state index is 0. The van der Waals surface area contributed by atoms with Gasteiger partial charge in [0, 0.05) is 5.69 Å². The van der Waals surface area contributed by atoms with Crippen LogP contribution in [-0.2, 0) is 13.2 Å². The number of rotatable bonds is 7. The predicted molar refractivity (Wildman–Crippen MR) is 125 cm³/mol. The summed E-state index contributed by atoms with van der Waals surface area (Å²) in [6.45, 7) is 1.01. The van der Waals surface area contributed by atoms with E-state index in [0.717, 1.165) is 28.3 Å². The van der Waals surface area contributed by atoms with E-state index in [4.69, 9.17) is 15.2 Å². The van der Waals surface area contributed by atoms with E-state index in [1.54, 1.807) is 7.11 Å². The molecule has 0 aliphatic rings. The van der Waals surface area contributed by atoms with Gasteiger partial charge in [0.25, 0.3) is 0 Å². The Balaban J connectivity index is 0.00000280. The molecule has 28 heavy (non-hydrogen) atoms.